The highest BCUT2D eigenvalue weighted by molar-refractivity contribution is 5.96. The van der Waals surface area contributed by atoms with E-state index in [9.17, 15) is 4.79 Å². The van der Waals surface area contributed by atoms with Crippen LogP contribution >= 0.6 is 0 Å². The highest BCUT2D eigenvalue weighted by atomic mass is 16.5. The minimum absolute atomic E-state index is 0.00923. The predicted octanol–water partition coefficient (Wildman–Crippen LogP) is 3.96. The first-order valence-corrected chi connectivity index (χ1v) is 8.84. The number of ether oxygens (including phenoxy) is 1. The van der Waals surface area contributed by atoms with Gasteiger partial charge in [0.1, 0.15) is 28.9 Å². The maximum absolute atomic E-state index is 13.1. The molecular formula is C20H26N2O3. The molecule has 2 aromatic rings. The molecule has 3 rings (SSSR count). The van der Waals surface area contributed by atoms with E-state index in [1.807, 2.05) is 56.0 Å². The van der Waals surface area contributed by atoms with E-state index in [0.717, 1.165) is 30.8 Å². The Morgan fingerprint density at radius 1 is 1.28 bits per heavy atom. The number of hydrogen-bond donors (Lipinski definition) is 0. The molecule has 25 heavy (non-hydrogen) atoms. The molecular weight excluding hydrogens is 316 g/mol. The summed E-state index contributed by atoms with van der Waals surface area (Å²) < 4.78 is 11.4. The Hall–Kier alpha value is -2.30. The van der Waals surface area contributed by atoms with Crippen LogP contribution in [-0.2, 0) is 5.41 Å². The van der Waals surface area contributed by atoms with Crippen LogP contribution in [0.1, 0.15) is 55.4 Å². The first-order chi connectivity index (χ1) is 11.9. The number of carbonyl (C=O) groups excluding carboxylic acids is 1. The molecule has 1 saturated heterocycles. The predicted molar refractivity (Wildman–Crippen MR) is 95.9 cm³/mol. The molecule has 1 unspecified atom stereocenters. The van der Waals surface area contributed by atoms with E-state index in [4.69, 9.17) is 9.26 Å². The summed E-state index contributed by atoms with van der Waals surface area (Å²) in [6.07, 6.45) is 1.89. The van der Waals surface area contributed by atoms with Gasteiger partial charge < -0.3 is 14.2 Å². The van der Waals surface area contributed by atoms with Crippen LogP contribution in [0.25, 0.3) is 0 Å². The molecule has 1 aliphatic heterocycles. The van der Waals surface area contributed by atoms with Crippen LogP contribution in [0.3, 0.4) is 0 Å². The molecule has 1 atom stereocenters. The second-order valence-corrected chi connectivity index (χ2v) is 7.66. The van der Waals surface area contributed by atoms with Crippen LogP contribution in [0.4, 0.5) is 0 Å². The zero-order valence-electron chi connectivity index (χ0n) is 15.4. The van der Waals surface area contributed by atoms with E-state index in [1.165, 1.54) is 0 Å². The van der Waals surface area contributed by atoms with Gasteiger partial charge in [-0.1, -0.05) is 44.1 Å². The average Bonchev–Trinajstić information content (AvgIpc) is 2.97. The van der Waals surface area contributed by atoms with E-state index >= 15 is 0 Å². The molecule has 0 radical (unpaired) electrons. The minimum Gasteiger partial charge on any atom is -0.489 e. The van der Waals surface area contributed by atoms with Crippen LogP contribution in [0.15, 0.2) is 34.9 Å². The van der Waals surface area contributed by atoms with Gasteiger partial charge in [-0.2, -0.15) is 0 Å². The van der Waals surface area contributed by atoms with Gasteiger partial charge in [-0.3, -0.25) is 4.79 Å². The van der Waals surface area contributed by atoms with E-state index in [-0.39, 0.29) is 17.4 Å². The fourth-order valence-electron chi connectivity index (χ4n) is 3.20. The number of hydrogen-bond acceptors (Lipinski definition) is 4. The topological polar surface area (TPSA) is 55.6 Å². The molecule has 0 N–H and O–H groups in total. The van der Waals surface area contributed by atoms with Crippen molar-refractivity contribution in [1.82, 2.24) is 10.1 Å². The lowest BCUT2D eigenvalue weighted by Crippen LogP contribution is -2.45. The number of rotatable bonds is 3. The van der Waals surface area contributed by atoms with E-state index < -0.39 is 0 Å². The molecule has 5 heteroatoms. The summed E-state index contributed by atoms with van der Waals surface area (Å²) in [5, 5.41) is 4.14. The zero-order valence-corrected chi connectivity index (χ0v) is 15.4. The molecule has 1 fully saturated rings. The third-order valence-corrected chi connectivity index (χ3v) is 4.50. The van der Waals surface area contributed by atoms with Crippen molar-refractivity contribution in [3.63, 3.8) is 0 Å². The molecule has 1 aromatic heterocycles. The molecule has 1 aromatic carbocycles. The highest BCUT2D eigenvalue weighted by Crippen LogP contribution is 2.29. The summed E-state index contributed by atoms with van der Waals surface area (Å²) >= 11 is 0. The molecule has 1 amide bonds. The van der Waals surface area contributed by atoms with Crippen molar-refractivity contribution in [2.24, 2.45) is 0 Å². The molecule has 2 heterocycles. The first-order valence-electron chi connectivity index (χ1n) is 8.84. The van der Waals surface area contributed by atoms with Gasteiger partial charge in [-0.15, -0.1) is 0 Å². The SMILES string of the molecule is Cc1onc(C(C)(C)C)c1C(=O)N1CCCC(Oc2ccccc2)C1. The van der Waals surface area contributed by atoms with Crippen molar-refractivity contribution in [3.05, 3.63) is 47.3 Å². The normalized spacial score (nSPS) is 18.2. The van der Waals surface area contributed by atoms with E-state index in [2.05, 4.69) is 5.16 Å². The average molecular weight is 342 g/mol. The van der Waals surface area contributed by atoms with Crippen molar-refractivity contribution < 1.29 is 14.1 Å². The maximum atomic E-state index is 13.1. The number of nitrogens with zero attached hydrogens (tertiary/aromatic N) is 2. The number of likely N-dealkylation sites (tertiary alicyclic amines) is 1. The van der Waals surface area contributed by atoms with Gasteiger partial charge in [0, 0.05) is 12.0 Å². The molecule has 1 aliphatic rings. The molecule has 0 aliphatic carbocycles. The summed E-state index contributed by atoms with van der Waals surface area (Å²) in [6.45, 7) is 9.25. The summed E-state index contributed by atoms with van der Waals surface area (Å²) in [6, 6.07) is 9.77. The second-order valence-electron chi connectivity index (χ2n) is 7.66. The fraction of sp³-hybridized carbons (Fsp3) is 0.500. The zero-order chi connectivity index (χ0) is 18.0. The second kappa shape index (κ2) is 6.90. The Morgan fingerprint density at radius 2 is 2.00 bits per heavy atom. The van der Waals surface area contributed by atoms with Gasteiger partial charge >= 0.3 is 0 Å². The summed E-state index contributed by atoms with van der Waals surface area (Å²) in [7, 11) is 0. The van der Waals surface area contributed by atoms with Crippen LogP contribution in [-0.4, -0.2) is 35.2 Å². The quantitative estimate of drug-likeness (QED) is 0.847. The standard InChI is InChI=1S/C20H26N2O3/c1-14-17(18(21-25-14)20(2,3)4)19(23)22-12-8-11-16(13-22)24-15-9-6-5-7-10-15/h5-7,9-10,16H,8,11-13H2,1-4H3. The Balaban J connectivity index is 1.76. The number of benzene rings is 1. The number of amides is 1. The van der Waals surface area contributed by atoms with Crippen LogP contribution in [0, 0.1) is 6.92 Å². The molecule has 0 saturated carbocycles. The molecule has 0 bridgehead atoms. The summed E-state index contributed by atoms with van der Waals surface area (Å²) in [5.41, 5.74) is 1.09. The third-order valence-electron chi connectivity index (χ3n) is 4.50. The number of aromatic nitrogens is 1. The van der Waals surface area contributed by atoms with Gasteiger partial charge in [0.2, 0.25) is 0 Å². The Kier molecular flexibility index (Phi) is 4.84. The number of carbonyl (C=O) groups is 1. The maximum Gasteiger partial charge on any atom is 0.259 e. The van der Waals surface area contributed by atoms with Crippen LogP contribution in [0.5, 0.6) is 5.75 Å². The molecule has 0 spiro atoms. The Bertz CT molecular complexity index is 731. The summed E-state index contributed by atoms with van der Waals surface area (Å²) in [4.78, 5) is 15.0. The largest absolute Gasteiger partial charge is 0.489 e. The fourth-order valence-corrected chi connectivity index (χ4v) is 3.20. The van der Waals surface area contributed by atoms with Crippen molar-refractivity contribution >= 4 is 5.91 Å². The number of aryl methyl sites for hydroxylation is 1. The van der Waals surface area contributed by atoms with E-state index in [1.54, 1.807) is 6.92 Å². The van der Waals surface area contributed by atoms with Crippen LogP contribution < -0.4 is 4.74 Å². The van der Waals surface area contributed by atoms with Crippen molar-refractivity contribution in [1.29, 1.82) is 0 Å². The van der Waals surface area contributed by atoms with Crippen molar-refractivity contribution in [2.45, 2.75) is 52.1 Å². The number of piperidine rings is 1. The lowest BCUT2D eigenvalue weighted by molar-refractivity contribution is 0.0534. The third kappa shape index (κ3) is 3.86. The van der Waals surface area contributed by atoms with E-state index in [0.29, 0.717) is 17.9 Å². The number of para-hydroxylation sites is 1. The van der Waals surface area contributed by atoms with Gasteiger partial charge in [0.25, 0.3) is 5.91 Å². The van der Waals surface area contributed by atoms with Gasteiger partial charge in [-0.05, 0) is 31.9 Å². The van der Waals surface area contributed by atoms with Gasteiger partial charge in [-0.25, -0.2) is 0 Å². The van der Waals surface area contributed by atoms with Crippen LogP contribution in [0.2, 0.25) is 0 Å². The Morgan fingerprint density at radius 3 is 2.68 bits per heavy atom. The first kappa shape index (κ1) is 17.5. The molecule has 5 nitrogen and oxygen atoms in total. The lowest BCUT2D eigenvalue weighted by Gasteiger charge is -2.33. The van der Waals surface area contributed by atoms with Gasteiger partial charge in [0.05, 0.1) is 6.54 Å². The Labute approximate surface area is 148 Å². The van der Waals surface area contributed by atoms with Crippen molar-refractivity contribution in [2.75, 3.05) is 13.1 Å². The lowest BCUT2D eigenvalue weighted by atomic mass is 9.88. The molecule has 134 valence electrons. The minimum atomic E-state index is -0.238. The highest BCUT2D eigenvalue weighted by Gasteiger charge is 2.33. The summed E-state index contributed by atoms with van der Waals surface area (Å²) in [5.74, 6) is 1.42. The van der Waals surface area contributed by atoms with Gasteiger partial charge in [0.15, 0.2) is 0 Å². The smallest absolute Gasteiger partial charge is 0.259 e. The monoisotopic (exact) mass is 342 g/mol. The van der Waals surface area contributed by atoms with Crippen molar-refractivity contribution in [3.8, 4) is 5.75 Å².